The number of hydrogen-bond acceptors (Lipinski definition) is 2. The maximum Gasteiger partial charge on any atom is 0.317 e. The normalized spacial score (nSPS) is 15.3. The van der Waals surface area contributed by atoms with Crippen LogP contribution >= 0.6 is 0 Å². The molecule has 1 saturated heterocycles. The van der Waals surface area contributed by atoms with Crippen LogP contribution in [0.5, 0.6) is 0 Å². The van der Waals surface area contributed by atoms with Crippen molar-refractivity contribution < 1.29 is 9.59 Å². The van der Waals surface area contributed by atoms with Gasteiger partial charge in [-0.3, -0.25) is 4.79 Å². The lowest BCUT2D eigenvalue weighted by molar-refractivity contribution is -0.121. The van der Waals surface area contributed by atoms with E-state index in [1.165, 1.54) is 0 Å². The van der Waals surface area contributed by atoms with Gasteiger partial charge in [-0.2, -0.15) is 0 Å². The molecule has 1 aliphatic rings. The van der Waals surface area contributed by atoms with Crippen molar-refractivity contribution in [3.05, 3.63) is 43.0 Å². The highest BCUT2D eigenvalue weighted by Crippen LogP contribution is 2.19. The maximum absolute atomic E-state index is 12.2. The standard InChI is InChI=1S/C16H21N3O2/c1-2-10-17-16(21)19-11-8-13(9-12-19)15(20)18-14-6-4-3-5-7-14/h2-7,13H,1,8-12H2,(H,17,21)(H,18,20). The van der Waals surface area contributed by atoms with Crippen molar-refractivity contribution in [2.75, 3.05) is 25.0 Å². The summed E-state index contributed by atoms with van der Waals surface area (Å²) in [5, 5.41) is 5.67. The SMILES string of the molecule is C=CCNC(=O)N1CCC(C(=O)Nc2ccccc2)CC1. The number of likely N-dealkylation sites (tertiary alicyclic amines) is 1. The van der Waals surface area contributed by atoms with Gasteiger partial charge in [0.2, 0.25) is 5.91 Å². The van der Waals surface area contributed by atoms with Crippen molar-refractivity contribution in [1.29, 1.82) is 0 Å². The van der Waals surface area contributed by atoms with E-state index in [0.29, 0.717) is 32.5 Å². The molecule has 0 spiro atoms. The predicted octanol–water partition coefficient (Wildman–Crippen LogP) is 2.23. The topological polar surface area (TPSA) is 61.4 Å². The third-order valence-corrected chi connectivity index (χ3v) is 3.59. The zero-order valence-electron chi connectivity index (χ0n) is 12.0. The van der Waals surface area contributed by atoms with E-state index in [-0.39, 0.29) is 17.9 Å². The second kappa shape index (κ2) is 7.47. The number of nitrogens with zero attached hydrogens (tertiary/aromatic N) is 1. The molecule has 0 atom stereocenters. The van der Waals surface area contributed by atoms with Crippen LogP contribution in [0.3, 0.4) is 0 Å². The van der Waals surface area contributed by atoms with E-state index in [0.717, 1.165) is 5.69 Å². The van der Waals surface area contributed by atoms with Gasteiger partial charge in [-0.25, -0.2) is 4.79 Å². The molecule has 3 amide bonds. The van der Waals surface area contributed by atoms with Crippen molar-refractivity contribution in [2.45, 2.75) is 12.8 Å². The number of benzene rings is 1. The van der Waals surface area contributed by atoms with Crippen molar-refractivity contribution in [3.8, 4) is 0 Å². The molecular formula is C16H21N3O2. The molecule has 2 N–H and O–H groups in total. The molecule has 1 aromatic carbocycles. The molecule has 0 unspecified atom stereocenters. The van der Waals surface area contributed by atoms with E-state index < -0.39 is 0 Å². The predicted molar refractivity (Wildman–Crippen MR) is 83.0 cm³/mol. The van der Waals surface area contributed by atoms with Crippen LogP contribution in [0.1, 0.15) is 12.8 Å². The lowest BCUT2D eigenvalue weighted by atomic mass is 9.96. The van der Waals surface area contributed by atoms with E-state index in [1.54, 1.807) is 11.0 Å². The minimum Gasteiger partial charge on any atom is -0.335 e. The third-order valence-electron chi connectivity index (χ3n) is 3.59. The van der Waals surface area contributed by atoms with Crippen LogP contribution in [-0.4, -0.2) is 36.5 Å². The summed E-state index contributed by atoms with van der Waals surface area (Å²) < 4.78 is 0. The number of carbonyl (C=O) groups excluding carboxylic acids is 2. The molecule has 0 saturated carbocycles. The number of para-hydroxylation sites is 1. The van der Waals surface area contributed by atoms with Gasteiger partial charge in [0, 0.05) is 31.2 Å². The number of amides is 3. The number of rotatable bonds is 4. The van der Waals surface area contributed by atoms with E-state index in [1.807, 2.05) is 30.3 Å². The molecule has 1 heterocycles. The first-order valence-electron chi connectivity index (χ1n) is 7.20. The summed E-state index contributed by atoms with van der Waals surface area (Å²) in [6, 6.07) is 9.35. The molecule has 5 heteroatoms. The largest absolute Gasteiger partial charge is 0.335 e. The number of urea groups is 1. The van der Waals surface area contributed by atoms with Gasteiger partial charge in [-0.15, -0.1) is 6.58 Å². The van der Waals surface area contributed by atoms with Crippen LogP contribution in [0.25, 0.3) is 0 Å². The first kappa shape index (κ1) is 15.1. The number of piperidine rings is 1. The van der Waals surface area contributed by atoms with E-state index in [9.17, 15) is 9.59 Å². The van der Waals surface area contributed by atoms with Crippen molar-refractivity contribution in [2.24, 2.45) is 5.92 Å². The molecule has 21 heavy (non-hydrogen) atoms. The lowest BCUT2D eigenvalue weighted by Crippen LogP contribution is -2.46. The molecule has 0 bridgehead atoms. The molecule has 0 aromatic heterocycles. The minimum absolute atomic E-state index is 0.0336. The molecule has 1 fully saturated rings. The minimum atomic E-state index is -0.0863. The highest BCUT2D eigenvalue weighted by molar-refractivity contribution is 5.92. The smallest absolute Gasteiger partial charge is 0.317 e. The Morgan fingerprint density at radius 1 is 1.24 bits per heavy atom. The van der Waals surface area contributed by atoms with Gasteiger partial charge in [0.25, 0.3) is 0 Å². The van der Waals surface area contributed by atoms with Crippen molar-refractivity contribution >= 4 is 17.6 Å². The average molecular weight is 287 g/mol. The van der Waals surface area contributed by atoms with Gasteiger partial charge in [0.15, 0.2) is 0 Å². The Morgan fingerprint density at radius 3 is 2.52 bits per heavy atom. The molecule has 112 valence electrons. The first-order valence-corrected chi connectivity index (χ1v) is 7.20. The van der Waals surface area contributed by atoms with Crippen molar-refractivity contribution in [3.63, 3.8) is 0 Å². The van der Waals surface area contributed by atoms with Crippen LogP contribution in [0.4, 0.5) is 10.5 Å². The van der Waals surface area contributed by atoms with Gasteiger partial charge in [0.1, 0.15) is 0 Å². The summed E-state index contributed by atoms with van der Waals surface area (Å²) in [5.41, 5.74) is 0.814. The van der Waals surface area contributed by atoms with Gasteiger partial charge in [0.05, 0.1) is 0 Å². The molecule has 1 aromatic rings. The Kier molecular flexibility index (Phi) is 5.37. The fraction of sp³-hybridized carbons (Fsp3) is 0.375. The maximum atomic E-state index is 12.2. The molecule has 5 nitrogen and oxygen atoms in total. The lowest BCUT2D eigenvalue weighted by Gasteiger charge is -2.31. The molecule has 0 radical (unpaired) electrons. The second-order valence-electron chi connectivity index (χ2n) is 5.09. The van der Waals surface area contributed by atoms with Crippen LogP contribution in [0.2, 0.25) is 0 Å². The summed E-state index contributed by atoms with van der Waals surface area (Å²) in [5.74, 6) is 0.000935. The van der Waals surface area contributed by atoms with Gasteiger partial charge in [-0.1, -0.05) is 24.3 Å². The zero-order valence-corrected chi connectivity index (χ0v) is 12.0. The monoisotopic (exact) mass is 287 g/mol. The van der Waals surface area contributed by atoms with E-state index >= 15 is 0 Å². The highest BCUT2D eigenvalue weighted by Gasteiger charge is 2.27. The van der Waals surface area contributed by atoms with Crippen LogP contribution < -0.4 is 10.6 Å². The average Bonchev–Trinajstić information content (AvgIpc) is 2.53. The summed E-state index contributed by atoms with van der Waals surface area (Å²) in [6.45, 7) is 5.25. The van der Waals surface area contributed by atoms with Crippen molar-refractivity contribution in [1.82, 2.24) is 10.2 Å². The Bertz CT molecular complexity index is 494. The van der Waals surface area contributed by atoms with E-state index in [4.69, 9.17) is 0 Å². The third kappa shape index (κ3) is 4.34. The number of anilines is 1. The molecule has 1 aliphatic heterocycles. The van der Waals surface area contributed by atoms with Gasteiger partial charge >= 0.3 is 6.03 Å². The van der Waals surface area contributed by atoms with Crippen LogP contribution in [0, 0.1) is 5.92 Å². The van der Waals surface area contributed by atoms with Crippen LogP contribution in [0.15, 0.2) is 43.0 Å². The fourth-order valence-corrected chi connectivity index (χ4v) is 2.38. The fourth-order valence-electron chi connectivity index (χ4n) is 2.38. The number of nitrogens with one attached hydrogen (secondary N) is 2. The summed E-state index contributed by atoms with van der Waals surface area (Å²) >= 11 is 0. The Labute approximate surface area is 125 Å². The molecule has 2 rings (SSSR count). The summed E-state index contributed by atoms with van der Waals surface area (Å²) in [4.78, 5) is 25.7. The Hall–Kier alpha value is -2.30. The zero-order chi connectivity index (χ0) is 15.1. The first-order chi connectivity index (χ1) is 10.2. The number of hydrogen-bond donors (Lipinski definition) is 2. The molecular weight excluding hydrogens is 266 g/mol. The van der Waals surface area contributed by atoms with Crippen LogP contribution in [-0.2, 0) is 4.79 Å². The number of carbonyl (C=O) groups is 2. The Morgan fingerprint density at radius 2 is 1.90 bits per heavy atom. The van der Waals surface area contributed by atoms with Gasteiger partial charge < -0.3 is 15.5 Å². The summed E-state index contributed by atoms with van der Waals surface area (Å²) in [7, 11) is 0. The quantitative estimate of drug-likeness (QED) is 0.834. The van der Waals surface area contributed by atoms with E-state index in [2.05, 4.69) is 17.2 Å². The highest BCUT2D eigenvalue weighted by atomic mass is 16.2. The Balaban J connectivity index is 1.79. The second-order valence-corrected chi connectivity index (χ2v) is 5.09. The molecule has 0 aliphatic carbocycles. The van der Waals surface area contributed by atoms with Gasteiger partial charge in [-0.05, 0) is 25.0 Å². The summed E-state index contributed by atoms with van der Waals surface area (Å²) in [6.07, 6.45) is 3.04.